The lowest BCUT2D eigenvalue weighted by Crippen LogP contribution is -2.09. The Kier molecular flexibility index (Phi) is 5.06. The largest absolute Gasteiger partial charge is 0.456 e. The molecule has 7 aromatic carbocycles. The van der Waals surface area contributed by atoms with Crippen LogP contribution < -0.4 is 4.90 Å². The molecule has 2 nitrogen and oxygen atoms in total. The maximum Gasteiger partial charge on any atom is 0.136 e. The van der Waals surface area contributed by atoms with Crippen molar-refractivity contribution in [1.82, 2.24) is 0 Å². The molecule has 10 rings (SSSR count). The van der Waals surface area contributed by atoms with Crippen molar-refractivity contribution in [3.05, 3.63) is 140 Å². The van der Waals surface area contributed by atoms with Gasteiger partial charge in [0.05, 0.1) is 0 Å². The zero-order valence-electron chi connectivity index (χ0n) is 23.5. The molecule has 0 N–H and O–H groups in total. The number of furan rings is 1. The Labute approximate surface area is 260 Å². The molecule has 4 heteroatoms. The van der Waals surface area contributed by atoms with Crippen LogP contribution in [0.3, 0.4) is 0 Å². The average Bonchev–Trinajstić information content (AvgIpc) is 3.74. The molecule has 3 aromatic heterocycles. The van der Waals surface area contributed by atoms with Gasteiger partial charge in [0.15, 0.2) is 0 Å². The highest BCUT2D eigenvalue weighted by Gasteiger charge is 2.18. The van der Waals surface area contributed by atoms with Gasteiger partial charge in [-0.2, -0.15) is 0 Å². The molecular weight excluding hydrogens is 575 g/mol. The van der Waals surface area contributed by atoms with Crippen LogP contribution in [0, 0.1) is 0 Å². The smallest absolute Gasteiger partial charge is 0.136 e. The van der Waals surface area contributed by atoms with Gasteiger partial charge in [-0.25, -0.2) is 0 Å². The van der Waals surface area contributed by atoms with Crippen LogP contribution in [0.25, 0.3) is 73.1 Å². The third kappa shape index (κ3) is 3.59. The van der Waals surface area contributed by atoms with Gasteiger partial charge in [-0.3, -0.25) is 0 Å². The molecule has 0 spiro atoms. The summed E-state index contributed by atoms with van der Waals surface area (Å²) in [4.78, 5) is 2.40. The highest BCUT2D eigenvalue weighted by molar-refractivity contribution is 7.26. The van der Waals surface area contributed by atoms with Gasteiger partial charge < -0.3 is 9.32 Å². The number of nitrogens with zero attached hydrogens (tertiary/aromatic N) is 1. The zero-order valence-corrected chi connectivity index (χ0v) is 25.1. The summed E-state index contributed by atoms with van der Waals surface area (Å²) < 4.78 is 11.5. The van der Waals surface area contributed by atoms with Crippen LogP contribution in [0.4, 0.5) is 17.1 Å². The van der Waals surface area contributed by atoms with Gasteiger partial charge in [0, 0.05) is 68.2 Å². The molecule has 0 bridgehead atoms. The van der Waals surface area contributed by atoms with E-state index in [1.807, 2.05) is 34.8 Å². The zero-order chi connectivity index (χ0) is 28.8. The van der Waals surface area contributed by atoms with Crippen molar-refractivity contribution in [2.45, 2.75) is 0 Å². The standard InChI is InChI=1S/C40H23NOS2/c1-4-10-35-29(7-1)34-20-24-13-14-26(19-25(24)21-36(34)42-35)41(27-15-17-32-30-8-2-5-11-37(30)43-39(32)22-27)28-16-18-33-31-9-3-6-12-38(31)44-40(33)23-28/h1-23H. The van der Waals surface area contributed by atoms with E-state index < -0.39 is 0 Å². The Balaban J connectivity index is 1.20. The Morgan fingerprint density at radius 1 is 0.364 bits per heavy atom. The van der Waals surface area contributed by atoms with Crippen molar-refractivity contribution >= 4 is 113 Å². The van der Waals surface area contributed by atoms with E-state index in [4.69, 9.17) is 4.42 Å². The van der Waals surface area contributed by atoms with Gasteiger partial charge in [0.1, 0.15) is 11.2 Å². The molecule has 0 amide bonds. The first-order chi connectivity index (χ1) is 21.8. The quantitative estimate of drug-likeness (QED) is 0.201. The van der Waals surface area contributed by atoms with Crippen LogP contribution in [-0.2, 0) is 0 Å². The molecule has 0 saturated heterocycles. The minimum atomic E-state index is 0.917. The van der Waals surface area contributed by atoms with E-state index >= 15 is 0 Å². The maximum absolute atomic E-state index is 6.27. The fraction of sp³-hybridized carbons (Fsp3) is 0. The predicted molar refractivity (Wildman–Crippen MR) is 192 cm³/mol. The lowest BCUT2D eigenvalue weighted by Gasteiger charge is -2.26. The number of anilines is 3. The Morgan fingerprint density at radius 3 is 1.59 bits per heavy atom. The highest BCUT2D eigenvalue weighted by Crippen LogP contribution is 2.44. The Hall–Kier alpha value is -5.16. The van der Waals surface area contributed by atoms with Crippen molar-refractivity contribution in [3.63, 3.8) is 0 Å². The molecule has 0 atom stereocenters. The molecule has 0 aliphatic rings. The summed E-state index contributed by atoms with van der Waals surface area (Å²) in [6.45, 7) is 0. The van der Waals surface area contributed by atoms with Gasteiger partial charge in [-0.1, -0.05) is 72.8 Å². The number of hydrogen-bond acceptors (Lipinski definition) is 4. The van der Waals surface area contributed by atoms with Crippen LogP contribution in [0.15, 0.2) is 144 Å². The first kappa shape index (κ1) is 24.3. The summed E-state index contributed by atoms with van der Waals surface area (Å²) in [6, 6.07) is 50.7. The molecule has 3 heterocycles. The number of benzene rings is 7. The van der Waals surface area contributed by atoms with E-state index in [1.54, 1.807) is 0 Å². The maximum atomic E-state index is 6.27. The topological polar surface area (TPSA) is 16.4 Å². The monoisotopic (exact) mass is 597 g/mol. The van der Waals surface area contributed by atoms with Crippen molar-refractivity contribution in [3.8, 4) is 0 Å². The summed E-state index contributed by atoms with van der Waals surface area (Å²) in [6.07, 6.45) is 0. The molecule has 10 aromatic rings. The van der Waals surface area contributed by atoms with E-state index in [0.29, 0.717) is 0 Å². The third-order valence-corrected chi connectivity index (χ3v) is 11.1. The number of hydrogen-bond donors (Lipinski definition) is 0. The van der Waals surface area contributed by atoms with Crippen molar-refractivity contribution < 1.29 is 4.42 Å². The van der Waals surface area contributed by atoms with E-state index in [0.717, 1.165) is 44.4 Å². The molecule has 44 heavy (non-hydrogen) atoms. The molecule has 0 fully saturated rings. The molecule has 0 radical (unpaired) electrons. The first-order valence-electron chi connectivity index (χ1n) is 14.7. The van der Waals surface area contributed by atoms with Crippen LogP contribution in [-0.4, -0.2) is 0 Å². The van der Waals surface area contributed by atoms with Crippen molar-refractivity contribution in [2.75, 3.05) is 4.90 Å². The third-order valence-electron chi connectivity index (χ3n) is 8.82. The van der Waals surface area contributed by atoms with Crippen LogP contribution >= 0.6 is 22.7 Å². The molecule has 0 aliphatic heterocycles. The number of fused-ring (bicyclic) bond motifs is 10. The van der Waals surface area contributed by atoms with Crippen LogP contribution in [0.5, 0.6) is 0 Å². The minimum absolute atomic E-state index is 0.917. The predicted octanol–water partition coefficient (Wildman–Crippen LogP) is 12.9. The summed E-state index contributed by atoms with van der Waals surface area (Å²) in [5, 5.41) is 9.92. The molecule has 0 saturated carbocycles. The van der Waals surface area contributed by atoms with Gasteiger partial charge in [-0.05, 0) is 77.5 Å². The van der Waals surface area contributed by atoms with Crippen molar-refractivity contribution in [1.29, 1.82) is 0 Å². The van der Waals surface area contributed by atoms with E-state index in [9.17, 15) is 0 Å². The normalized spacial score (nSPS) is 12.1. The minimum Gasteiger partial charge on any atom is -0.456 e. The van der Waals surface area contributed by atoms with Crippen LogP contribution in [0.1, 0.15) is 0 Å². The van der Waals surface area contributed by atoms with Gasteiger partial charge in [0.2, 0.25) is 0 Å². The molecule has 0 aliphatic carbocycles. The number of thiophene rings is 2. The van der Waals surface area contributed by atoms with Gasteiger partial charge in [0.25, 0.3) is 0 Å². The Morgan fingerprint density at radius 2 is 0.909 bits per heavy atom. The summed E-state index contributed by atoms with van der Waals surface area (Å²) in [7, 11) is 0. The second-order valence-corrected chi connectivity index (χ2v) is 13.5. The molecular formula is C40H23NOS2. The Bertz CT molecular complexity index is 2630. The highest BCUT2D eigenvalue weighted by atomic mass is 32.1. The van der Waals surface area contributed by atoms with E-state index in [1.165, 1.54) is 45.7 Å². The molecule has 206 valence electrons. The molecule has 0 unspecified atom stereocenters. The first-order valence-corrected chi connectivity index (χ1v) is 16.4. The summed E-state index contributed by atoms with van der Waals surface area (Å²) in [5.41, 5.74) is 5.25. The van der Waals surface area contributed by atoms with Crippen LogP contribution in [0.2, 0.25) is 0 Å². The summed E-state index contributed by atoms with van der Waals surface area (Å²) >= 11 is 3.72. The fourth-order valence-electron chi connectivity index (χ4n) is 6.75. The summed E-state index contributed by atoms with van der Waals surface area (Å²) in [5.74, 6) is 0. The van der Waals surface area contributed by atoms with E-state index in [2.05, 4.69) is 132 Å². The average molecular weight is 598 g/mol. The van der Waals surface area contributed by atoms with Crippen molar-refractivity contribution in [2.24, 2.45) is 0 Å². The SMILES string of the molecule is c1ccc2c(c1)oc1cc3cc(N(c4ccc5c(c4)sc4ccccc45)c4ccc5c(c4)sc4ccccc45)ccc3cc12. The fourth-order valence-corrected chi connectivity index (χ4v) is 9.03. The number of para-hydroxylation sites is 1. The lowest BCUT2D eigenvalue weighted by atomic mass is 10.0. The second-order valence-electron chi connectivity index (χ2n) is 11.4. The van der Waals surface area contributed by atoms with Gasteiger partial charge in [-0.15, -0.1) is 22.7 Å². The van der Waals surface area contributed by atoms with E-state index in [-0.39, 0.29) is 0 Å². The second kappa shape index (κ2) is 9.17. The number of rotatable bonds is 3. The lowest BCUT2D eigenvalue weighted by molar-refractivity contribution is 0.669. The van der Waals surface area contributed by atoms with Gasteiger partial charge >= 0.3 is 0 Å².